The first-order valence-corrected chi connectivity index (χ1v) is 10.7. The second-order valence-electron chi connectivity index (χ2n) is 7.04. The Morgan fingerprint density at radius 3 is 2.48 bits per heavy atom. The molecule has 0 spiro atoms. The number of aromatic nitrogens is 2. The molecule has 0 aliphatic heterocycles. The maximum absolute atomic E-state index is 12.8. The minimum Gasteiger partial charge on any atom is -0.306 e. The van der Waals surface area contributed by atoms with Crippen molar-refractivity contribution in [2.24, 2.45) is 0 Å². The molecule has 3 aromatic rings. The largest absolute Gasteiger partial charge is 0.306 e. The highest BCUT2D eigenvalue weighted by Crippen LogP contribution is 2.25. The molecule has 1 aliphatic carbocycles. The van der Waals surface area contributed by atoms with Crippen molar-refractivity contribution >= 4 is 10.0 Å². The smallest absolute Gasteiger partial charge is 0.241 e. The highest BCUT2D eigenvalue weighted by molar-refractivity contribution is 7.89. The van der Waals surface area contributed by atoms with Gasteiger partial charge in [0.15, 0.2) is 0 Å². The van der Waals surface area contributed by atoms with Crippen molar-refractivity contribution in [1.29, 1.82) is 0 Å². The van der Waals surface area contributed by atoms with Gasteiger partial charge in [-0.05, 0) is 73.6 Å². The number of benzene rings is 2. The Morgan fingerprint density at radius 2 is 1.78 bits per heavy atom. The number of fused-ring (bicyclic) bond motifs is 1. The van der Waals surface area contributed by atoms with E-state index < -0.39 is 10.0 Å². The first-order chi connectivity index (χ1) is 13.0. The monoisotopic (exact) mass is 381 g/mol. The van der Waals surface area contributed by atoms with Crippen molar-refractivity contribution in [3.63, 3.8) is 0 Å². The number of sulfonamides is 1. The summed E-state index contributed by atoms with van der Waals surface area (Å²) in [5.41, 5.74) is 4.35. The van der Waals surface area contributed by atoms with Crippen molar-refractivity contribution < 1.29 is 8.42 Å². The minimum atomic E-state index is -3.56. The molecule has 0 amide bonds. The van der Waals surface area contributed by atoms with Gasteiger partial charge in [-0.2, -0.15) is 0 Å². The van der Waals surface area contributed by atoms with E-state index >= 15 is 0 Å². The van der Waals surface area contributed by atoms with Crippen molar-refractivity contribution in [3.8, 4) is 5.69 Å². The van der Waals surface area contributed by atoms with Gasteiger partial charge in [0.1, 0.15) is 0 Å². The van der Waals surface area contributed by atoms with Crippen LogP contribution in [0.25, 0.3) is 5.69 Å². The summed E-state index contributed by atoms with van der Waals surface area (Å²) in [6, 6.07) is 13.0. The summed E-state index contributed by atoms with van der Waals surface area (Å²) in [7, 11) is -3.56. The zero-order valence-corrected chi connectivity index (χ0v) is 16.1. The van der Waals surface area contributed by atoms with E-state index in [-0.39, 0.29) is 6.04 Å². The zero-order chi connectivity index (χ0) is 18.9. The van der Waals surface area contributed by atoms with Crippen LogP contribution in [0.3, 0.4) is 0 Å². The number of hydrogen-bond donors (Lipinski definition) is 1. The zero-order valence-electron chi connectivity index (χ0n) is 15.3. The Kier molecular flexibility index (Phi) is 4.85. The van der Waals surface area contributed by atoms with E-state index in [1.165, 1.54) is 17.5 Å². The molecule has 1 heterocycles. The Morgan fingerprint density at radius 1 is 1.04 bits per heavy atom. The Balaban J connectivity index is 1.52. The predicted molar refractivity (Wildman–Crippen MR) is 105 cm³/mol. The number of aryl methyl sites for hydroxylation is 2. The fourth-order valence-electron chi connectivity index (χ4n) is 3.59. The molecule has 1 aliphatic rings. The van der Waals surface area contributed by atoms with Gasteiger partial charge in [0.25, 0.3) is 0 Å². The molecule has 6 heteroatoms. The minimum absolute atomic E-state index is 0.317. The average molecular weight is 382 g/mol. The number of rotatable bonds is 5. The quantitative estimate of drug-likeness (QED) is 0.731. The van der Waals surface area contributed by atoms with E-state index in [0.717, 1.165) is 30.5 Å². The Bertz CT molecular complexity index is 1030. The standard InChI is InChI=1S/C21H23N3O2S/c1-16(17-6-9-20(10-7-17)24-13-12-22-15-24)23-27(25,26)21-11-8-18-4-2-3-5-19(18)14-21/h6-16,23H,2-5H2,1H3. The molecule has 2 aromatic carbocycles. The van der Waals surface area contributed by atoms with Crippen LogP contribution in [0.5, 0.6) is 0 Å². The molecule has 0 saturated carbocycles. The first kappa shape index (κ1) is 17.9. The van der Waals surface area contributed by atoms with Gasteiger partial charge in [0, 0.05) is 24.1 Å². The van der Waals surface area contributed by atoms with Gasteiger partial charge >= 0.3 is 0 Å². The van der Waals surface area contributed by atoms with Crippen LogP contribution in [0.2, 0.25) is 0 Å². The van der Waals surface area contributed by atoms with Crippen LogP contribution in [0.15, 0.2) is 66.1 Å². The molecule has 1 atom stereocenters. The van der Waals surface area contributed by atoms with Gasteiger partial charge in [-0.3, -0.25) is 0 Å². The van der Waals surface area contributed by atoms with Gasteiger partial charge in [-0.1, -0.05) is 18.2 Å². The van der Waals surface area contributed by atoms with Crippen LogP contribution in [0, 0.1) is 0 Å². The van der Waals surface area contributed by atoms with Crippen molar-refractivity contribution in [3.05, 3.63) is 77.9 Å². The molecule has 0 fully saturated rings. The maximum Gasteiger partial charge on any atom is 0.241 e. The molecule has 1 unspecified atom stereocenters. The summed E-state index contributed by atoms with van der Waals surface area (Å²) in [5, 5.41) is 0. The lowest BCUT2D eigenvalue weighted by atomic mass is 9.92. The van der Waals surface area contributed by atoms with Crippen LogP contribution in [0.1, 0.15) is 42.5 Å². The van der Waals surface area contributed by atoms with E-state index in [9.17, 15) is 8.42 Å². The lowest BCUT2D eigenvalue weighted by Crippen LogP contribution is -2.27. The molecule has 0 saturated heterocycles. The molecule has 0 radical (unpaired) electrons. The van der Waals surface area contributed by atoms with Crippen molar-refractivity contribution in [1.82, 2.24) is 14.3 Å². The fourth-order valence-corrected chi connectivity index (χ4v) is 4.87. The molecular weight excluding hydrogens is 358 g/mol. The van der Waals surface area contributed by atoms with Crippen LogP contribution in [0.4, 0.5) is 0 Å². The molecule has 27 heavy (non-hydrogen) atoms. The van der Waals surface area contributed by atoms with E-state index in [1.807, 2.05) is 54.1 Å². The van der Waals surface area contributed by atoms with Crippen molar-refractivity contribution in [2.75, 3.05) is 0 Å². The summed E-state index contributed by atoms with van der Waals surface area (Å²) in [6.45, 7) is 1.86. The van der Waals surface area contributed by atoms with Crippen LogP contribution >= 0.6 is 0 Å². The molecule has 0 bridgehead atoms. The van der Waals surface area contributed by atoms with Gasteiger partial charge in [-0.25, -0.2) is 18.1 Å². The van der Waals surface area contributed by atoms with Gasteiger partial charge < -0.3 is 4.57 Å². The highest BCUT2D eigenvalue weighted by atomic mass is 32.2. The van der Waals surface area contributed by atoms with E-state index in [2.05, 4.69) is 9.71 Å². The third-order valence-electron chi connectivity index (χ3n) is 5.16. The number of nitrogens with zero attached hydrogens (tertiary/aromatic N) is 2. The lowest BCUT2D eigenvalue weighted by Gasteiger charge is -2.19. The average Bonchev–Trinajstić information content (AvgIpc) is 3.22. The van der Waals surface area contributed by atoms with E-state index in [1.54, 1.807) is 18.6 Å². The maximum atomic E-state index is 12.8. The topological polar surface area (TPSA) is 64.0 Å². The second kappa shape index (κ2) is 7.29. The molecule has 5 nitrogen and oxygen atoms in total. The summed E-state index contributed by atoms with van der Waals surface area (Å²) in [4.78, 5) is 4.39. The lowest BCUT2D eigenvalue weighted by molar-refractivity contribution is 0.566. The SMILES string of the molecule is CC(NS(=O)(=O)c1ccc2c(c1)CCCC2)c1ccc(-n2ccnc2)cc1. The first-order valence-electron chi connectivity index (χ1n) is 9.25. The second-order valence-corrected chi connectivity index (χ2v) is 8.76. The molecular formula is C21H23N3O2S. The third-order valence-corrected chi connectivity index (χ3v) is 6.70. The van der Waals surface area contributed by atoms with Gasteiger partial charge in [-0.15, -0.1) is 0 Å². The van der Waals surface area contributed by atoms with Crippen LogP contribution in [-0.2, 0) is 22.9 Å². The van der Waals surface area contributed by atoms with Crippen LogP contribution in [-0.4, -0.2) is 18.0 Å². The predicted octanol–water partition coefficient (Wildman–Crippen LogP) is 3.79. The fraction of sp³-hybridized carbons (Fsp3) is 0.286. The van der Waals surface area contributed by atoms with Crippen LogP contribution < -0.4 is 4.72 Å². The highest BCUT2D eigenvalue weighted by Gasteiger charge is 2.20. The van der Waals surface area contributed by atoms with E-state index in [0.29, 0.717) is 4.90 Å². The third kappa shape index (κ3) is 3.82. The molecule has 1 N–H and O–H groups in total. The van der Waals surface area contributed by atoms with Crippen molar-refractivity contribution in [2.45, 2.75) is 43.5 Å². The Labute approximate surface area is 160 Å². The number of imidazole rings is 1. The normalized spacial score (nSPS) is 15.3. The van der Waals surface area contributed by atoms with E-state index in [4.69, 9.17) is 0 Å². The molecule has 1 aromatic heterocycles. The number of nitrogens with one attached hydrogen (secondary N) is 1. The summed E-state index contributed by atoms with van der Waals surface area (Å²) in [5.74, 6) is 0. The van der Waals surface area contributed by atoms with Gasteiger partial charge in [0.2, 0.25) is 10.0 Å². The van der Waals surface area contributed by atoms with Gasteiger partial charge in [0.05, 0.1) is 11.2 Å². The summed E-state index contributed by atoms with van der Waals surface area (Å²) >= 11 is 0. The Hall–Kier alpha value is -2.44. The summed E-state index contributed by atoms with van der Waals surface area (Å²) < 4.78 is 30.4. The summed E-state index contributed by atoms with van der Waals surface area (Å²) in [6.07, 6.45) is 9.65. The molecule has 4 rings (SSSR count). The molecule has 140 valence electrons. The number of hydrogen-bond acceptors (Lipinski definition) is 3.